The Morgan fingerprint density at radius 3 is 2.17 bits per heavy atom. The Morgan fingerprint density at radius 2 is 1.61 bits per heavy atom. The molecule has 1 saturated carbocycles. The lowest BCUT2D eigenvalue weighted by Gasteiger charge is -2.34. The number of halogens is 1. The standard InChI is InChI=1S/C16H24FN/c1-11(2)12-7-9-13(10-8-12)16(18)14-5-3-4-6-15(14)17/h3-6,11-13,16H,7-10,18H2,1-2H3. The summed E-state index contributed by atoms with van der Waals surface area (Å²) < 4.78 is 13.7. The predicted octanol–water partition coefficient (Wildman–Crippen LogP) is 4.29. The summed E-state index contributed by atoms with van der Waals surface area (Å²) in [7, 11) is 0. The molecule has 1 unspecified atom stereocenters. The van der Waals surface area contributed by atoms with E-state index >= 15 is 0 Å². The van der Waals surface area contributed by atoms with E-state index in [-0.39, 0.29) is 11.9 Å². The Labute approximate surface area is 110 Å². The van der Waals surface area contributed by atoms with Crippen molar-refractivity contribution in [3.05, 3.63) is 35.6 Å². The highest BCUT2D eigenvalue weighted by Gasteiger charge is 2.28. The van der Waals surface area contributed by atoms with Crippen LogP contribution in [0.5, 0.6) is 0 Å². The van der Waals surface area contributed by atoms with Gasteiger partial charge in [-0.05, 0) is 49.5 Å². The van der Waals surface area contributed by atoms with E-state index in [2.05, 4.69) is 13.8 Å². The minimum atomic E-state index is -0.156. The van der Waals surface area contributed by atoms with Crippen LogP contribution in [-0.2, 0) is 0 Å². The SMILES string of the molecule is CC(C)C1CCC(C(N)c2ccccc2F)CC1. The lowest BCUT2D eigenvalue weighted by atomic mass is 9.73. The minimum Gasteiger partial charge on any atom is -0.324 e. The summed E-state index contributed by atoms with van der Waals surface area (Å²) in [6, 6.07) is 6.79. The van der Waals surface area contributed by atoms with E-state index in [1.54, 1.807) is 6.07 Å². The molecular formula is C16H24FN. The van der Waals surface area contributed by atoms with Crippen LogP contribution in [0, 0.1) is 23.6 Å². The van der Waals surface area contributed by atoms with Crippen molar-refractivity contribution in [3.63, 3.8) is 0 Å². The summed E-state index contributed by atoms with van der Waals surface area (Å²) in [5.41, 5.74) is 6.94. The molecule has 2 heteroatoms. The molecule has 18 heavy (non-hydrogen) atoms. The first kappa shape index (κ1) is 13.5. The number of hydrogen-bond donors (Lipinski definition) is 1. The molecule has 1 nitrogen and oxygen atoms in total. The second kappa shape index (κ2) is 5.83. The van der Waals surface area contributed by atoms with Gasteiger partial charge in [0, 0.05) is 11.6 Å². The first-order valence-corrected chi connectivity index (χ1v) is 7.09. The first-order valence-electron chi connectivity index (χ1n) is 7.09. The molecule has 1 fully saturated rings. The summed E-state index contributed by atoms with van der Waals surface area (Å²) in [5.74, 6) is 1.87. The number of benzene rings is 1. The molecule has 1 aromatic rings. The van der Waals surface area contributed by atoms with Crippen molar-refractivity contribution in [2.24, 2.45) is 23.5 Å². The maximum Gasteiger partial charge on any atom is 0.127 e. The van der Waals surface area contributed by atoms with Crippen molar-refractivity contribution in [3.8, 4) is 0 Å². The van der Waals surface area contributed by atoms with Gasteiger partial charge in [-0.15, -0.1) is 0 Å². The van der Waals surface area contributed by atoms with E-state index in [4.69, 9.17) is 5.73 Å². The monoisotopic (exact) mass is 249 g/mol. The molecule has 2 N–H and O–H groups in total. The van der Waals surface area contributed by atoms with Gasteiger partial charge >= 0.3 is 0 Å². The zero-order valence-corrected chi connectivity index (χ0v) is 11.4. The molecule has 0 amide bonds. The van der Waals surface area contributed by atoms with E-state index in [0.717, 1.165) is 24.7 Å². The highest BCUT2D eigenvalue weighted by Crippen LogP contribution is 2.38. The first-order chi connectivity index (χ1) is 8.59. The molecule has 1 atom stereocenters. The van der Waals surface area contributed by atoms with Crippen molar-refractivity contribution in [2.75, 3.05) is 0 Å². The average molecular weight is 249 g/mol. The summed E-state index contributed by atoms with van der Waals surface area (Å²) in [5, 5.41) is 0. The molecule has 0 bridgehead atoms. The fraction of sp³-hybridized carbons (Fsp3) is 0.625. The van der Waals surface area contributed by atoms with E-state index in [0.29, 0.717) is 11.5 Å². The molecule has 1 aliphatic carbocycles. The molecule has 0 radical (unpaired) electrons. The van der Waals surface area contributed by atoms with Crippen LogP contribution in [0.1, 0.15) is 51.1 Å². The Balaban J connectivity index is 2.00. The molecule has 1 aromatic carbocycles. The molecule has 0 saturated heterocycles. The predicted molar refractivity (Wildman–Crippen MR) is 73.6 cm³/mol. The molecular weight excluding hydrogens is 225 g/mol. The van der Waals surface area contributed by atoms with Crippen LogP contribution >= 0.6 is 0 Å². The molecule has 0 aliphatic heterocycles. The zero-order chi connectivity index (χ0) is 13.1. The van der Waals surface area contributed by atoms with E-state index in [9.17, 15) is 4.39 Å². The Bertz CT molecular complexity index is 380. The topological polar surface area (TPSA) is 26.0 Å². The minimum absolute atomic E-state index is 0.140. The molecule has 0 spiro atoms. The normalized spacial score (nSPS) is 26.3. The Morgan fingerprint density at radius 1 is 1.06 bits per heavy atom. The van der Waals surface area contributed by atoms with Gasteiger partial charge < -0.3 is 5.73 Å². The summed E-state index contributed by atoms with van der Waals surface area (Å²) in [6.45, 7) is 4.59. The molecule has 0 heterocycles. The van der Waals surface area contributed by atoms with Crippen LogP contribution in [0.3, 0.4) is 0 Å². The van der Waals surface area contributed by atoms with Crippen LogP contribution < -0.4 is 5.73 Å². The van der Waals surface area contributed by atoms with Crippen LogP contribution in [0.2, 0.25) is 0 Å². The van der Waals surface area contributed by atoms with Gasteiger partial charge in [0.05, 0.1) is 0 Å². The van der Waals surface area contributed by atoms with Gasteiger partial charge in [-0.3, -0.25) is 0 Å². The second-order valence-corrected chi connectivity index (χ2v) is 5.97. The average Bonchev–Trinajstić information content (AvgIpc) is 2.38. The van der Waals surface area contributed by atoms with Gasteiger partial charge in [-0.25, -0.2) is 4.39 Å². The maximum atomic E-state index is 13.7. The second-order valence-electron chi connectivity index (χ2n) is 5.97. The van der Waals surface area contributed by atoms with E-state index in [1.165, 1.54) is 18.9 Å². The Kier molecular flexibility index (Phi) is 4.39. The summed E-state index contributed by atoms with van der Waals surface area (Å²) in [4.78, 5) is 0. The van der Waals surface area contributed by atoms with Crippen LogP contribution in [0.4, 0.5) is 4.39 Å². The summed E-state index contributed by atoms with van der Waals surface area (Å²) in [6.07, 6.45) is 4.76. The van der Waals surface area contributed by atoms with Gasteiger partial charge in [0.25, 0.3) is 0 Å². The number of rotatable bonds is 3. The third-order valence-electron chi connectivity index (χ3n) is 4.53. The number of nitrogens with two attached hydrogens (primary N) is 1. The van der Waals surface area contributed by atoms with Crippen molar-refractivity contribution in [1.82, 2.24) is 0 Å². The fourth-order valence-corrected chi connectivity index (χ4v) is 3.17. The highest BCUT2D eigenvalue weighted by molar-refractivity contribution is 5.21. The lowest BCUT2D eigenvalue weighted by Crippen LogP contribution is -2.28. The van der Waals surface area contributed by atoms with Crippen molar-refractivity contribution >= 4 is 0 Å². The van der Waals surface area contributed by atoms with Gasteiger partial charge in [-0.1, -0.05) is 32.0 Å². The molecule has 2 rings (SSSR count). The van der Waals surface area contributed by atoms with Gasteiger partial charge in [-0.2, -0.15) is 0 Å². The largest absolute Gasteiger partial charge is 0.324 e. The third kappa shape index (κ3) is 2.92. The smallest absolute Gasteiger partial charge is 0.127 e. The third-order valence-corrected chi connectivity index (χ3v) is 4.53. The van der Waals surface area contributed by atoms with Crippen molar-refractivity contribution in [2.45, 2.75) is 45.6 Å². The van der Waals surface area contributed by atoms with E-state index < -0.39 is 0 Å². The molecule has 100 valence electrons. The fourth-order valence-electron chi connectivity index (χ4n) is 3.17. The number of hydrogen-bond acceptors (Lipinski definition) is 1. The van der Waals surface area contributed by atoms with Crippen molar-refractivity contribution in [1.29, 1.82) is 0 Å². The molecule has 1 aliphatic rings. The van der Waals surface area contributed by atoms with Gasteiger partial charge in [0.1, 0.15) is 5.82 Å². The zero-order valence-electron chi connectivity index (χ0n) is 11.4. The van der Waals surface area contributed by atoms with Crippen molar-refractivity contribution < 1.29 is 4.39 Å². The van der Waals surface area contributed by atoms with E-state index in [1.807, 2.05) is 12.1 Å². The van der Waals surface area contributed by atoms with Crippen LogP contribution in [0.25, 0.3) is 0 Å². The maximum absolute atomic E-state index is 13.7. The van der Waals surface area contributed by atoms with Crippen LogP contribution in [0.15, 0.2) is 24.3 Å². The lowest BCUT2D eigenvalue weighted by molar-refractivity contribution is 0.202. The Hall–Kier alpha value is -0.890. The van der Waals surface area contributed by atoms with Crippen LogP contribution in [-0.4, -0.2) is 0 Å². The quantitative estimate of drug-likeness (QED) is 0.849. The van der Waals surface area contributed by atoms with Gasteiger partial charge in [0.15, 0.2) is 0 Å². The summed E-state index contributed by atoms with van der Waals surface area (Å²) >= 11 is 0. The molecule has 0 aromatic heterocycles. The highest BCUT2D eigenvalue weighted by atomic mass is 19.1. The van der Waals surface area contributed by atoms with Gasteiger partial charge in [0.2, 0.25) is 0 Å².